The van der Waals surface area contributed by atoms with E-state index in [1.807, 2.05) is 0 Å². The molecule has 0 aromatic rings. The van der Waals surface area contributed by atoms with Crippen LogP contribution >= 0.6 is 0 Å². The molecule has 4 unspecified atom stereocenters. The molecule has 0 spiro atoms. The van der Waals surface area contributed by atoms with E-state index in [0.29, 0.717) is 0 Å². The van der Waals surface area contributed by atoms with Crippen molar-refractivity contribution in [3.8, 4) is 0 Å². The summed E-state index contributed by atoms with van der Waals surface area (Å²) >= 11 is 0. The van der Waals surface area contributed by atoms with Crippen LogP contribution in [0.1, 0.15) is 0 Å². The van der Waals surface area contributed by atoms with Gasteiger partial charge in [-0.25, -0.2) is 0 Å². The van der Waals surface area contributed by atoms with Gasteiger partial charge >= 0.3 is 0 Å². The molecule has 0 saturated heterocycles. The molecule has 3 radical (unpaired) electrons. The molecule has 0 bridgehead atoms. The summed E-state index contributed by atoms with van der Waals surface area (Å²) in [6.45, 7) is -0.165. The fraction of sp³-hybridized carbons (Fsp3) is 0.714. The van der Waals surface area contributed by atoms with Crippen molar-refractivity contribution in [3.63, 3.8) is 0 Å². The minimum absolute atomic E-state index is 0. The molecule has 1 aliphatic carbocycles. The van der Waals surface area contributed by atoms with Crippen LogP contribution < -0.4 is 0 Å². The van der Waals surface area contributed by atoms with Gasteiger partial charge in [-0.2, -0.15) is 0 Å². The Morgan fingerprint density at radius 3 is 2.00 bits per heavy atom. The second kappa shape index (κ2) is 9.84. The molecule has 7 heteroatoms. The summed E-state index contributed by atoms with van der Waals surface area (Å²) in [6.07, 6.45) is 1.32. The summed E-state index contributed by atoms with van der Waals surface area (Å²) in [5.41, 5.74) is 0. The van der Waals surface area contributed by atoms with E-state index in [4.69, 9.17) is 13.0 Å². The zero-order chi connectivity index (χ0) is 8.43. The smallest absolute Gasteiger partial charge is 0.0881 e. The molecule has 0 amide bonds. The summed E-state index contributed by atoms with van der Waals surface area (Å²) in [5.74, 6) is -0.905. The standard InChI is InChI=1S/C7H11BO3.V.2W/c8-5-2-1-4(3-9)6(10)7(5)11;;;/h1-2,4-7,9-11H,3H2;;;. The molecule has 0 aromatic carbocycles. The van der Waals surface area contributed by atoms with Gasteiger partial charge in [0.1, 0.15) is 0 Å². The molecule has 0 aromatic heterocycles. The Morgan fingerprint density at radius 1 is 1.07 bits per heavy atom. The monoisotopic (exact) mass is 573 g/mol. The van der Waals surface area contributed by atoms with Crippen LogP contribution in [0.25, 0.3) is 0 Å². The van der Waals surface area contributed by atoms with Crippen molar-refractivity contribution in [2.45, 2.75) is 18.0 Å². The van der Waals surface area contributed by atoms with E-state index in [-0.39, 0.29) is 73.2 Å². The van der Waals surface area contributed by atoms with Gasteiger partial charge in [-0.05, 0) is 5.82 Å². The van der Waals surface area contributed by atoms with Gasteiger partial charge in [-0.3, -0.25) is 0 Å². The van der Waals surface area contributed by atoms with Gasteiger partial charge in [0.05, 0.1) is 26.7 Å². The maximum Gasteiger partial charge on any atom is 0.0881 e. The van der Waals surface area contributed by atoms with Crippen LogP contribution in [0.2, 0.25) is 5.82 Å². The molecular formula is C7H11BO3VW2. The van der Waals surface area contributed by atoms with Crippen LogP contribution in [0.15, 0.2) is 12.2 Å². The Balaban J connectivity index is -0.000000403. The van der Waals surface area contributed by atoms with Crippen molar-refractivity contribution in [2.75, 3.05) is 6.61 Å². The first kappa shape index (κ1) is 21.0. The largest absolute Gasteiger partial charge is 0.396 e. The third-order valence-electron chi connectivity index (χ3n) is 1.97. The van der Waals surface area contributed by atoms with Crippen molar-refractivity contribution < 1.29 is 76.0 Å². The van der Waals surface area contributed by atoms with Gasteiger partial charge in [-0.1, -0.05) is 12.2 Å². The molecule has 4 atom stereocenters. The van der Waals surface area contributed by atoms with E-state index in [1.54, 1.807) is 12.2 Å². The molecule has 0 saturated carbocycles. The van der Waals surface area contributed by atoms with Gasteiger partial charge in [0.2, 0.25) is 0 Å². The Hall–Kier alpha value is 1.65. The van der Waals surface area contributed by atoms with Crippen LogP contribution in [0.5, 0.6) is 0 Å². The maximum absolute atomic E-state index is 9.27. The maximum atomic E-state index is 9.27. The minimum atomic E-state index is -0.961. The molecule has 1 rings (SSSR count). The number of rotatable bonds is 1. The molecule has 0 heterocycles. The predicted molar refractivity (Wildman–Crippen MR) is 41.2 cm³/mol. The molecule has 1 aliphatic rings. The van der Waals surface area contributed by atoms with E-state index in [0.717, 1.165) is 0 Å². The van der Waals surface area contributed by atoms with E-state index < -0.39 is 18.0 Å². The first-order chi connectivity index (χ1) is 5.16. The van der Waals surface area contributed by atoms with E-state index in [2.05, 4.69) is 0 Å². The Bertz CT molecular complexity index is 173. The Labute approximate surface area is 126 Å². The molecular weight excluding hydrogens is 562 g/mol. The van der Waals surface area contributed by atoms with Crippen LogP contribution in [0.4, 0.5) is 0 Å². The Morgan fingerprint density at radius 2 is 1.57 bits per heavy atom. The van der Waals surface area contributed by atoms with Crippen LogP contribution in [-0.2, 0) is 60.7 Å². The number of hydrogen-bond donors (Lipinski definition) is 3. The molecule has 3 nitrogen and oxygen atoms in total. The minimum Gasteiger partial charge on any atom is -0.396 e. The van der Waals surface area contributed by atoms with Crippen molar-refractivity contribution in [2.24, 2.45) is 5.92 Å². The second-order valence-electron chi connectivity index (χ2n) is 2.79. The third kappa shape index (κ3) is 5.12. The molecule has 14 heavy (non-hydrogen) atoms. The average Bonchev–Trinajstić information content (AvgIpc) is 2.01. The summed E-state index contributed by atoms with van der Waals surface area (Å²) in [4.78, 5) is 0. The fourth-order valence-electron chi connectivity index (χ4n) is 1.15. The van der Waals surface area contributed by atoms with Crippen LogP contribution in [0, 0.1) is 5.92 Å². The predicted octanol–water partition coefficient (Wildman–Crippen LogP) is -1.16. The van der Waals surface area contributed by atoms with Crippen LogP contribution in [0.3, 0.4) is 0 Å². The Kier molecular flexibility index (Phi) is 14.8. The summed E-state index contributed by atoms with van der Waals surface area (Å²) < 4.78 is 0. The first-order valence-electron chi connectivity index (χ1n) is 3.57. The second-order valence-corrected chi connectivity index (χ2v) is 2.79. The molecule has 0 fully saturated rings. The zero-order valence-electron chi connectivity index (χ0n) is 7.35. The van der Waals surface area contributed by atoms with Crippen molar-refractivity contribution in [3.05, 3.63) is 12.2 Å². The van der Waals surface area contributed by atoms with Gasteiger partial charge in [-0.15, -0.1) is 0 Å². The molecule has 77 valence electrons. The normalized spacial score (nSPS) is 34.8. The van der Waals surface area contributed by atoms with Crippen LogP contribution in [-0.4, -0.2) is 42.0 Å². The van der Waals surface area contributed by atoms with E-state index in [1.165, 1.54) is 0 Å². The number of hydrogen-bond acceptors (Lipinski definition) is 3. The average molecular weight is 573 g/mol. The summed E-state index contributed by atoms with van der Waals surface area (Å²) in [5, 5.41) is 27.2. The van der Waals surface area contributed by atoms with E-state index in [9.17, 15) is 10.2 Å². The topological polar surface area (TPSA) is 60.7 Å². The zero-order valence-corrected chi connectivity index (χ0v) is 14.6. The van der Waals surface area contributed by atoms with Crippen molar-refractivity contribution >= 4 is 7.85 Å². The molecule has 3 N–H and O–H groups in total. The summed E-state index contributed by atoms with van der Waals surface area (Å²) in [7, 11) is 5.41. The number of aliphatic hydroxyl groups excluding tert-OH is 3. The van der Waals surface area contributed by atoms with Crippen molar-refractivity contribution in [1.82, 2.24) is 0 Å². The third-order valence-corrected chi connectivity index (χ3v) is 1.97. The van der Waals surface area contributed by atoms with E-state index >= 15 is 0 Å². The number of aliphatic hydroxyl groups is 3. The SMILES string of the molecule is [B]C1C=CC(CO)C(O)C1O.[V].[W].[W]. The fourth-order valence-corrected chi connectivity index (χ4v) is 1.15. The van der Waals surface area contributed by atoms with Gasteiger partial charge in [0, 0.05) is 66.6 Å². The quantitative estimate of drug-likeness (QED) is 0.275. The van der Waals surface area contributed by atoms with Gasteiger partial charge in [0.15, 0.2) is 0 Å². The molecule has 0 aliphatic heterocycles. The summed E-state index contributed by atoms with van der Waals surface area (Å²) in [6, 6.07) is 0. The van der Waals surface area contributed by atoms with Crippen molar-refractivity contribution in [1.29, 1.82) is 0 Å². The van der Waals surface area contributed by atoms with Gasteiger partial charge in [0.25, 0.3) is 0 Å². The van der Waals surface area contributed by atoms with Gasteiger partial charge < -0.3 is 15.3 Å². The first-order valence-corrected chi connectivity index (χ1v) is 3.57.